The lowest BCUT2D eigenvalue weighted by Gasteiger charge is -2.33. The number of nitrogen functional groups attached to an aromatic ring is 1. The first-order valence-corrected chi connectivity index (χ1v) is 17.6. The summed E-state index contributed by atoms with van der Waals surface area (Å²) in [7, 11) is -3.81. The highest BCUT2D eigenvalue weighted by atomic mass is 32.2. The first-order valence-electron chi connectivity index (χ1n) is 16.1. The molecule has 0 fully saturated rings. The topological polar surface area (TPSA) is 183 Å². The molecule has 13 heteroatoms. The summed E-state index contributed by atoms with van der Waals surface area (Å²) in [5, 5.41) is 16.8. The van der Waals surface area contributed by atoms with Crippen molar-refractivity contribution in [1.82, 2.24) is 15.3 Å². The highest BCUT2D eigenvalue weighted by Crippen LogP contribution is 2.36. The number of hydrogen-bond acceptors (Lipinski definition) is 10. The molecular formula is C35H47N5O7S. The van der Waals surface area contributed by atoms with Crippen LogP contribution < -0.4 is 21.1 Å². The van der Waals surface area contributed by atoms with Gasteiger partial charge in [0.05, 0.1) is 39.4 Å². The number of carbonyl (C=O) groups excluding carboxylic acids is 2. The van der Waals surface area contributed by atoms with E-state index in [1.807, 2.05) is 0 Å². The summed E-state index contributed by atoms with van der Waals surface area (Å²) in [6.07, 6.45) is 4.30. The van der Waals surface area contributed by atoms with Crippen LogP contribution in [-0.4, -0.2) is 58.0 Å². The van der Waals surface area contributed by atoms with E-state index >= 15 is 0 Å². The lowest BCUT2D eigenvalue weighted by molar-refractivity contribution is 0.0308. The zero-order valence-corrected chi connectivity index (χ0v) is 29.4. The molecule has 0 spiro atoms. The smallest absolute Gasteiger partial charge is 0.407 e. The third-order valence-corrected chi connectivity index (χ3v) is 10.5. The van der Waals surface area contributed by atoms with Crippen molar-refractivity contribution < 1.29 is 32.6 Å². The molecule has 2 aromatic carbocycles. The van der Waals surface area contributed by atoms with Crippen molar-refractivity contribution in [3.05, 3.63) is 59.9 Å². The Kier molecular flexibility index (Phi) is 11.0. The van der Waals surface area contributed by atoms with Crippen LogP contribution in [0.5, 0.6) is 5.75 Å². The molecule has 5 N–H and O–H groups in total. The Labute approximate surface area is 282 Å². The highest BCUT2D eigenvalue weighted by Gasteiger charge is 2.41. The Balaban J connectivity index is 1.70. The third-order valence-electron chi connectivity index (χ3n) is 8.03. The molecule has 0 radical (unpaired) electrons. The molecule has 4 bridgehead atoms. The van der Waals surface area contributed by atoms with E-state index in [1.54, 1.807) is 71.9 Å². The fourth-order valence-corrected chi connectivity index (χ4v) is 7.35. The zero-order valence-electron chi connectivity index (χ0n) is 28.6. The minimum absolute atomic E-state index is 0.0615. The molecule has 1 aromatic heterocycles. The lowest BCUT2D eigenvalue weighted by atomic mass is 9.88. The third kappa shape index (κ3) is 9.22. The van der Waals surface area contributed by atoms with Crippen LogP contribution in [0.1, 0.15) is 96.1 Å². The Morgan fingerprint density at radius 2 is 1.77 bits per heavy atom. The van der Waals surface area contributed by atoms with Gasteiger partial charge in [0.25, 0.3) is 5.91 Å². The van der Waals surface area contributed by atoms with Gasteiger partial charge in [0.1, 0.15) is 11.4 Å². The summed E-state index contributed by atoms with van der Waals surface area (Å²) >= 11 is 0. The normalized spacial score (nSPS) is 20.2. The van der Waals surface area contributed by atoms with Crippen LogP contribution in [0.25, 0.3) is 11.3 Å². The van der Waals surface area contributed by atoms with Gasteiger partial charge in [0, 0.05) is 17.7 Å². The monoisotopic (exact) mass is 681 g/mol. The molecule has 3 heterocycles. The zero-order chi connectivity index (χ0) is 35.3. The second-order valence-electron chi connectivity index (χ2n) is 14.1. The summed E-state index contributed by atoms with van der Waals surface area (Å²) in [6.45, 7) is 10.7. The Morgan fingerprint density at radius 1 is 1.08 bits per heavy atom. The number of rotatable bonds is 2. The van der Waals surface area contributed by atoms with Crippen LogP contribution in [0.2, 0.25) is 0 Å². The van der Waals surface area contributed by atoms with E-state index in [4.69, 9.17) is 15.2 Å². The Morgan fingerprint density at radius 3 is 2.46 bits per heavy atom. The largest absolute Gasteiger partial charge is 0.491 e. The number of nitrogens with zero attached hydrogens (tertiary/aromatic N) is 2. The van der Waals surface area contributed by atoms with Crippen molar-refractivity contribution in [2.45, 2.75) is 107 Å². The SMILES string of the molecule is CC(C)(C)OC(=O)NCc1cccc2c1OCCCCCC[C@@](C)(O)CC(C)(C)S(=O)(=O)c1ccc(cc1)-c1cnc(N)c(n1)C(=O)N2. The second kappa shape index (κ2) is 14.5. The summed E-state index contributed by atoms with van der Waals surface area (Å²) < 4.78 is 37.7. The van der Waals surface area contributed by atoms with Gasteiger partial charge >= 0.3 is 6.09 Å². The number of fused-ring (bicyclic) bond motifs is 13. The van der Waals surface area contributed by atoms with Crippen molar-refractivity contribution >= 4 is 33.3 Å². The molecule has 2 amide bonds. The average molecular weight is 682 g/mol. The molecule has 0 unspecified atom stereocenters. The van der Waals surface area contributed by atoms with Crippen LogP contribution in [0.4, 0.5) is 16.3 Å². The van der Waals surface area contributed by atoms with Crippen LogP contribution in [-0.2, 0) is 21.1 Å². The number of benzene rings is 2. The van der Waals surface area contributed by atoms with E-state index in [9.17, 15) is 23.1 Å². The van der Waals surface area contributed by atoms with E-state index in [0.717, 1.165) is 12.8 Å². The maximum absolute atomic E-state index is 13.7. The van der Waals surface area contributed by atoms with Crippen molar-refractivity contribution in [3.63, 3.8) is 0 Å². The van der Waals surface area contributed by atoms with E-state index < -0.39 is 37.8 Å². The van der Waals surface area contributed by atoms with Gasteiger partial charge in [-0.25, -0.2) is 23.2 Å². The average Bonchev–Trinajstić information content (AvgIpc) is 2.98. The summed E-state index contributed by atoms with van der Waals surface area (Å²) in [4.78, 5) is 34.7. The van der Waals surface area contributed by atoms with E-state index in [1.165, 1.54) is 18.3 Å². The second-order valence-corrected chi connectivity index (χ2v) is 16.6. The van der Waals surface area contributed by atoms with Crippen LogP contribution in [0.15, 0.2) is 53.6 Å². The number of nitrogens with one attached hydrogen (secondary N) is 2. The molecule has 2 aliphatic rings. The van der Waals surface area contributed by atoms with Gasteiger partial charge in [-0.15, -0.1) is 0 Å². The number of amides is 2. The van der Waals surface area contributed by atoms with Crippen LogP contribution in [0, 0.1) is 0 Å². The lowest BCUT2D eigenvalue weighted by Crippen LogP contribution is -2.41. The standard InChI is InChI=1S/C35H47N5O7S/c1-33(2,3)47-32(42)38-20-24-12-11-13-26-29(24)46-19-10-8-7-9-18-35(6,43)22-34(4,5)48(44,45)25-16-14-23(15-17-25)27-21-37-30(36)28(39-27)31(41)40-26/h11-17,21,43H,7-10,18-20,22H2,1-6H3,(H2,36,37)(H,38,42)(H,40,41)/t35-/m1/s1. The van der Waals surface area contributed by atoms with Crippen molar-refractivity contribution in [1.29, 1.82) is 0 Å². The molecule has 3 aromatic rings. The van der Waals surface area contributed by atoms with Gasteiger partial charge in [-0.1, -0.05) is 43.5 Å². The number of anilines is 2. The van der Waals surface area contributed by atoms with Crippen molar-refractivity contribution in [2.75, 3.05) is 17.7 Å². The van der Waals surface area contributed by atoms with Crippen LogP contribution in [0.3, 0.4) is 0 Å². The van der Waals surface area contributed by atoms with Gasteiger partial charge in [0.15, 0.2) is 21.3 Å². The fraction of sp³-hybridized carbons (Fsp3) is 0.486. The number of aliphatic hydroxyl groups is 1. The fourth-order valence-electron chi connectivity index (χ4n) is 5.72. The first kappa shape index (κ1) is 36.6. The molecule has 260 valence electrons. The highest BCUT2D eigenvalue weighted by molar-refractivity contribution is 7.92. The predicted octanol–water partition coefficient (Wildman–Crippen LogP) is 6.04. The van der Waals surface area contributed by atoms with Crippen molar-refractivity contribution in [3.8, 4) is 17.0 Å². The summed E-state index contributed by atoms with van der Waals surface area (Å²) in [5.41, 5.74) is 5.92. The number of para-hydroxylation sites is 1. The number of alkyl carbamates (subject to hydrolysis) is 1. The Bertz CT molecular complexity index is 1730. The van der Waals surface area contributed by atoms with E-state index in [-0.39, 0.29) is 29.4 Å². The molecule has 2 aliphatic heterocycles. The molecule has 0 saturated heterocycles. The van der Waals surface area contributed by atoms with E-state index in [0.29, 0.717) is 54.1 Å². The number of sulfone groups is 1. The predicted molar refractivity (Wildman–Crippen MR) is 184 cm³/mol. The molecule has 12 nitrogen and oxygen atoms in total. The maximum Gasteiger partial charge on any atom is 0.407 e. The number of nitrogens with two attached hydrogens (primary N) is 1. The van der Waals surface area contributed by atoms with Gasteiger partial charge < -0.3 is 30.9 Å². The number of hydrogen-bond donors (Lipinski definition) is 4. The first-order chi connectivity index (χ1) is 22.4. The number of ether oxygens (including phenoxy) is 2. The summed E-state index contributed by atoms with van der Waals surface area (Å²) in [6, 6.07) is 11.4. The quantitative estimate of drug-likeness (QED) is 0.249. The molecule has 48 heavy (non-hydrogen) atoms. The van der Waals surface area contributed by atoms with Gasteiger partial charge in [-0.2, -0.15) is 0 Å². The molecule has 5 rings (SSSR count). The summed E-state index contributed by atoms with van der Waals surface area (Å²) in [5.74, 6) is -0.336. The van der Waals surface area contributed by atoms with Crippen LogP contribution >= 0.6 is 0 Å². The van der Waals surface area contributed by atoms with Crippen molar-refractivity contribution in [2.24, 2.45) is 0 Å². The minimum Gasteiger partial charge on any atom is -0.491 e. The van der Waals surface area contributed by atoms with Gasteiger partial charge in [-0.05, 0) is 79.0 Å². The van der Waals surface area contributed by atoms with E-state index in [2.05, 4.69) is 20.6 Å². The molecular weight excluding hydrogens is 634 g/mol. The Hall–Kier alpha value is -4.23. The molecule has 0 aliphatic carbocycles. The number of carbonyl (C=O) groups is 2. The molecule has 1 atom stereocenters. The number of aromatic nitrogens is 2. The maximum atomic E-state index is 13.7. The van der Waals surface area contributed by atoms with Gasteiger partial charge in [0.2, 0.25) is 0 Å². The molecule has 0 saturated carbocycles. The van der Waals surface area contributed by atoms with Gasteiger partial charge in [-0.3, -0.25) is 4.79 Å². The minimum atomic E-state index is -3.81.